The molecular formula is C19H21Cl2N3O3S. The minimum atomic E-state index is -3.37. The number of benzene rings is 2. The summed E-state index contributed by atoms with van der Waals surface area (Å²) in [6.45, 7) is 2.46. The van der Waals surface area contributed by atoms with Crippen LogP contribution in [0.3, 0.4) is 0 Å². The quantitative estimate of drug-likeness (QED) is 0.772. The van der Waals surface area contributed by atoms with Crippen LogP contribution in [0.1, 0.15) is 15.9 Å². The molecule has 1 saturated heterocycles. The summed E-state index contributed by atoms with van der Waals surface area (Å²) >= 11 is 11.9. The lowest BCUT2D eigenvalue weighted by Gasteiger charge is -2.31. The van der Waals surface area contributed by atoms with Crippen LogP contribution >= 0.6 is 23.2 Å². The average molecular weight is 442 g/mol. The maximum atomic E-state index is 12.6. The molecule has 0 unspecified atom stereocenters. The van der Waals surface area contributed by atoms with E-state index in [-0.39, 0.29) is 11.7 Å². The number of halogens is 2. The minimum absolute atomic E-state index is 0.0817. The molecule has 9 heteroatoms. The fourth-order valence-electron chi connectivity index (χ4n) is 2.91. The van der Waals surface area contributed by atoms with Crippen molar-refractivity contribution >= 4 is 44.8 Å². The number of anilines is 1. The number of piperazine rings is 1. The van der Waals surface area contributed by atoms with Crippen molar-refractivity contribution in [3.05, 3.63) is 63.6 Å². The molecule has 6 nitrogen and oxygen atoms in total. The fraction of sp³-hybridized carbons (Fsp3) is 0.316. The topological polar surface area (TPSA) is 69.7 Å². The van der Waals surface area contributed by atoms with Gasteiger partial charge in [0.05, 0.1) is 16.5 Å². The number of rotatable bonds is 5. The van der Waals surface area contributed by atoms with Crippen LogP contribution < -0.4 is 5.32 Å². The van der Waals surface area contributed by atoms with Gasteiger partial charge in [-0.3, -0.25) is 4.79 Å². The van der Waals surface area contributed by atoms with Crippen molar-refractivity contribution in [3.8, 4) is 0 Å². The van der Waals surface area contributed by atoms with Gasteiger partial charge in [0.25, 0.3) is 5.91 Å². The van der Waals surface area contributed by atoms with E-state index in [0.29, 0.717) is 39.9 Å². The molecule has 2 aromatic carbocycles. The van der Waals surface area contributed by atoms with Crippen LogP contribution in [0.25, 0.3) is 0 Å². The van der Waals surface area contributed by atoms with Crippen molar-refractivity contribution in [1.29, 1.82) is 0 Å². The Morgan fingerprint density at radius 2 is 1.68 bits per heavy atom. The Morgan fingerprint density at radius 3 is 2.29 bits per heavy atom. The smallest absolute Gasteiger partial charge is 0.255 e. The van der Waals surface area contributed by atoms with Crippen LogP contribution in [-0.4, -0.2) is 56.8 Å². The van der Waals surface area contributed by atoms with Gasteiger partial charge in [0.1, 0.15) is 0 Å². The van der Waals surface area contributed by atoms with Gasteiger partial charge in [-0.1, -0.05) is 35.3 Å². The number of sulfonamides is 1. The van der Waals surface area contributed by atoms with Gasteiger partial charge in [-0.2, -0.15) is 4.31 Å². The summed E-state index contributed by atoms with van der Waals surface area (Å²) in [7, 11) is -1.40. The van der Waals surface area contributed by atoms with Crippen molar-refractivity contribution in [2.24, 2.45) is 0 Å². The molecule has 1 aliphatic rings. The van der Waals surface area contributed by atoms with Gasteiger partial charge >= 0.3 is 0 Å². The van der Waals surface area contributed by atoms with Crippen LogP contribution in [0.2, 0.25) is 10.0 Å². The Hall–Kier alpha value is -1.64. The summed E-state index contributed by atoms with van der Waals surface area (Å²) in [6, 6.07) is 11.3. The van der Waals surface area contributed by atoms with Crippen molar-refractivity contribution in [1.82, 2.24) is 9.21 Å². The predicted molar refractivity (Wildman–Crippen MR) is 113 cm³/mol. The molecule has 0 spiro atoms. The Kier molecular flexibility index (Phi) is 6.62. The first-order valence-corrected chi connectivity index (χ1v) is 11.1. The molecular weight excluding hydrogens is 421 g/mol. The average Bonchev–Trinajstić information content (AvgIpc) is 2.64. The number of nitrogens with zero attached hydrogens (tertiary/aromatic N) is 2. The molecule has 1 heterocycles. The molecule has 2 aromatic rings. The first-order valence-electron chi connectivity index (χ1n) is 8.76. The SMILES string of the molecule is CN1CCN(S(=O)(=O)Cc2ccc(C(=O)Nc3ccc(Cl)cc3Cl)cc2)CC1. The van der Waals surface area contributed by atoms with E-state index in [2.05, 4.69) is 10.2 Å². The lowest BCUT2D eigenvalue weighted by Crippen LogP contribution is -2.47. The summed E-state index contributed by atoms with van der Waals surface area (Å²) in [5, 5.41) is 3.54. The van der Waals surface area contributed by atoms with E-state index >= 15 is 0 Å². The summed E-state index contributed by atoms with van der Waals surface area (Å²) in [5.74, 6) is -0.417. The summed E-state index contributed by atoms with van der Waals surface area (Å²) in [4.78, 5) is 14.5. The molecule has 1 aliphatic heterocycles. The Bertz CT molecular complexity index is 957. The Labute approximate surface area is 175 Å². The number of carbonyl (C=O) groups excluding carboxylic acids is 1. The molecule has 3 rings (SSSR count). The molecule has 1 amide bonds. The molecule has 0 aliphatic carbocycles. The molecule has 150 valence electrons. The molecule has 0 saturated carbocycles. The first-order chi connectivity index (χ1) is 13.2. The Balaban J connectivity index is 1.65. The highest BCUT2D eigenvalue weighted by Crippen LogP contribution is 2.26. The Morgan fingerprint density at radius 1 is 1.04 bits per heavy atom. The van der Waals surface area contributed by atoms with Gasteiger partial charge in [-0.25, -0.2) is 8.42 Å². The lowest BCUT2D eigenvalue weighted by atomic mass is 10.1. The van der Waals surface area contributed by atoms with Crippen molar-refractivity contribution < 1.29 is 13.2 Å². The molecule has 0 radical (unpaired) electrons. The third-order valence-corrected chi connectivity index (χ3v) is 7.00. The largest absolute Gasteiger partial charge is 0.321 e. The number of likely N-dealkylation sites (N-methyl/N-ethyl adjacent to an activating group) is 1. The van der Waals surface area contributed by atoms with E-state index in [1.165, 1.54) is 4.31 Å². The number of amides is 1. The summed E-state index contributed by atoms with van der Waals surface area (Å²) < 4.78 is 26.7. The molecule has 0 atom stereocenters. The van der Waals surface area contributed by atoms with Crippen LogP contribution in [-0.2, 0) is 15.8 Å². The van der Waals surface area contributed by atoms with Crippen molar-refractivity contribution in [2.75, 3.05) is 38.5 Å². The monoisotopic (exact) mass is 441 g/mol. The van der Waals surface area contributed by atoms with Gasteiger partial charge in [0, 0.05) is 36.8 Å². The molecule has 0 aromatic heterocycles. The lowest BCUT2D eigenvalue weighted by molar-refractivity contribution is 0.102. The van der Waals surface area contributed by atoms with Crippen molar-refractivity contribution in [2.45, 2.75) is 5.75 Å². The van der Waals surface area contributed by atoms with Crippen LogP contribution in [0, 0.1) is 0 Å². The van der Waals surface area contributed by atoms with Crippen molar-refractivity contribution in [3.63, 3.8) is 0 Å². The molecule has 0 bridgehead atoms. The highest BCUT2D eigenvalue weighted by atomic mass is 35.5. The second-order valence-electron chi connectivity index (χ2n) is 6.73. The van der Waals surface area contributed by atoms with Gasteiger partial charge < -0.3 is 10.2 Å². The second-order valence-corrected chi connectivity index (χ2v) is 9.55. The van der Waals surface area contributed by atoms with Crippen LogP contribution in [0.4, 0.5) is 5.69 Å². The predicted octanol–water partition coefficient (Wildman–Crippen LogP) is 3.32. The second kappa shape index (κ2) is 8.80. The maximum absolute atomic E-state index is 12.6. The van der Waals surface area contributed by atoms with E-state index in [4.69, 9.17) is 23.2 Å². The first kappa shape index (κ1) is 21.1. The van der Waals surface area contributed by atoms with Gasteiger partial charge in [-0.15, -0.1) is 0 Å². The summed E-state index contributed by atoms with van der Waals surface area (Å²) in [5.41, 5.74) is 1.50. The normalized spacial score (nSPS) is 16.1. The summed E-state index contributed by atoms with van der Waals surface area (Å²) in [6.07, 6.45) is 0. The zero-order valence-electron chi connectivity index (χ0n) is 15.4. The van der Waals surface area contributed by atoms with E-state index in [0.717, 1.165) is 13.1 Å². The molecule has 28 heavy (non-hydrogen) atoms. The molecule has 1 fully saturated rings. The highest BCUT2D eigenvalue weighted by molar-refractivity contribution is 7.88. The van der Waals surface area contributed by atoms with Gasteiger partial charge in [0.2, 0.25) is 10.0 Å². The number of hydrogen-bond donors (Lipinski definition) is 1. The maximum Gasteiger partial charge on any atom is 0.255 e. The zero-order valence-corrected chi connectivity index (χ0v) is 17.7. The fourth-order valence-corrected chi connectivity index (χ4v) is 4.88. The third kappa shape index (κ3) is 5.24. The van der Waals surface area contributed by atoms with E-state index in [1.807, 2.05) is 7.05 Å². The number of carbonyl (C=O) groups is 1. The van der Waals surface area contributed by atoms with Crippen LogP contribution in [0.5, 0.6) is 0 Å². The zero-order chi connectivity index (χ0) is 20.3. The van der Waals surface area contributed by atoms with E-state index in [1.54, 1.807) is 42.5 Å². The standard InChI is InChI=1S/C19H21Cl2N3O3S/c1-23-8-10-24(11-9-23)28(26,27)13-14-2-4-15(5-3-14)19(25)22-18-7-6-16(20)12-17(18)21/h2-7,12H,8-11,13H2,1H3,(H,22,25). The minimum Gasteiger partial charge on any atom is -0.321 e. The number of nitrogens with one attached hydrogen (secondary N) is 1. The van der Waals surface area contributed by atoms with E-state index < -0.39 is 10.0 Å². The van der Waals surface area contributed by atoms with Gasteiger partial charge in [-0.05, 0) is 42.9 Å². The van der Waals surface area contributed by atoms with Gasteiger partial charge in [0.15, 0.2) is 0 Å². The van der Waals surface area contributed by atoms with Crippen LogP contribution in [0.15, 0.2) is 42.5 Å². The number of hydrogen-bond acceptors (Lipinski definition) is 4. The molecule has 1 N–H and O–H groups in total. The van der Waals surface area contributed by atoms with E-state index in [9.17, 15) is 13.2 Å². The third-order valence-electron chi connectivity index (χ3n) is 4.60. The highest BCUT2D eigenvalue weighted by Gasteiger charge is 2.25.